The third kappa shape index (κ3) is 3.24. The fraction of sp³-hybridized carbons (Fsp3) is 0. The van der Waals surface area contributed by atoms with E-state index in [1.54, 1.807) is 12.1 Å². The minimum atomic E-state index is -0.493. The fourth-order valence-corrected chi connectivity index (χ4v) is 2.10. The van der Waals surface area contributed by atoms with Crippen LogP contribution in [-0.2, 0) is 0 Å². The lowest BCUT2D eigenvalue weighted by atomic mass is 10.2. The standard InChI is InChI=1S/C13H9BrClFN2O/c14-10-3-2-8(16)6-9(10)13(19)18-12-5-7(15)1-4-11(12)17/h1-6H,17H2,(H,18,19). The van der Waals surface area contributed by atoms with Crippen LogP contribution in [0.2, 0.25) is 5.02 Å². The Kier molecular flexibility index (Phi) is 4.07. The van der Waals surface area contributed by atoms with Gasteiger partial charge in [0.05, 0.1) is 16.9 Å². The van der Waals surface area contributed by atoms with Crippen molar-refractivity contribution >= 4 is 44.8 Å². The van der Waals surface area contributed by atoms with Gasteiger partial charge < -0.3 is 11.1 Å². The third-order valence-electron chi connectivity index (χ3n) is 2.44. The van der Waals surface area contributed by atoms with Crippen molar-refractivity contribution < 1.29 is 9.18 Å². The van der Waals surface area contributed by atoms with E-state index in [1.165, 1.54) is 18.2 Å². The number of carbonyl (C=O) groups excluding carboxylic acids is 1. The van der Waals surface area contributed by atoms with Crippen molar-refractivity contribution in [1.82, 2.24) is 0 Å². The summed E-state index contributed by atoms with van der Waals surface area (Å²) in [6.07, 6.45) is 0. The second-order valence-corrected chi connectivity index (χ2v) is 5.10. The number of rotatable bonds is 2. The van der Waals surface area contributed by atoms with Crippen molar-refractivity contribution in [1.29, 1.82) is 0 Å². The molecule has 3 nitrogen and oxygen atoms in total. The predicted octanol–water partition coefficient (Wildman–Crippen LogP) is 4.08. The maximum Gasteiger partial charge on any atom is 0.256 e. The number of halogens is 3. The smallest absolute Gasteiger partial charge is 0.256 e. The van der Waals surface area contributed by atoms with Crippen LogP contribution < -0.4 is 11.1 Å². The number of amides is 1. The van der Waals surface area contributed by atoms with E-state index in [1.807, 2.05) is 0 Å². The minimum absolute atomic E-state index is 0.180. The molecule has 0 aromatic heterocycles. The monoisotopic (exact) mass is 342 g/mol. The quantitative estimate of drug-likeness (QED) is 0.807. The molecule has 98 valence electrons. The van der Waals surface area contributed by atoms with E-state index >= 15 is 0 Å². The zero-order valence-electron chi connectivity index (χ0n) is 9.58. The van der Waals surface area contributed by atoms with Gasteiger partial charge in [-0.25, -0.2) is 4.39 Å². The Labute approximate surface area is 122 Å². The fourth-order valence-electron chi connectivity index (χ4n) is 1.50. The van der Waals surface area contributed by atoms with Gasteiger partial charge >= 0.3 is 0 Å². The first-order chi connectivity index (χ1) is 8.97. The van der Waals surface area contributed by atoms with Gasteiger partial charge in [0.25, 0.3) is 5.91 Å². The molecule has 2 aromatic carbocycles. The van der Waals surface area contributed by atoms with Gasteiger partial charge in [0, 0.05) is 9.50 Å². The summed E-state index contributed by atoms with van der Waals surface area (Å²) >= 11 is 9.02. The van der Waals surface area contributed by atoms with E-state index in [4.69, 9.17) is 17.3 Å². The highest BCUT2D eigenvalue weighted by Gasteiger charge is 2.13. The molecule has 2 rings (SSSR count). The van der Waals surface area contributed by atoms with E-state index in [-0.39, 0.29) is 5.56 Å². The Bertz CT molecular complexity index is 649. The molecule has 0 atom stereocenters. The van der Waals surface area contributed by atoms with Gasteiger partial charge in [0.15, 0.2) is 0 Å². The molecule has 0 unspecified atom stereocenters. The predicted molar refractivity (Wildman–Crippen MR) is 77.9 cm³/mol. The Balaban J connectivity index is 2.30. The molecule has 0 spiro atoms. The molecular formula is C13H9BrClFN2O. The van der Waals surface area contributed by atoms with Crippen LogP contribution >= 0.6 is 27.5 Å². The Hall–Kier alpha value is -1.59. The van der Waals surface area contributed by atoms with Crippen LogP contribution in [0.3, 0.4) is 0 Å². The van der Waals surface area contributed by atoms with Crippen LogP contribution in [0.25, 0.3) is 0 Å². The molecule has 2 aromatic rings. The molecule has 3 N–H and O–H groups in total. The number of hydrogen-bond acceptors (Lipinski definition) is 2. The second kappa shape index (κ2) is 5.59. The zero-order chi connectivity index (χ0) is 14.0. The highest BCUT2D eigenvalue weighted by Crippen LogP contribution is 2.25. The lowest BCUT2D eigenvalue weighted by molar-refractivity contribution is 0.102. The molecule has 0 aliphatic heterocycles. The summed E-state index contributed by atoms with van der Waals surface area (Å²) in [7, 11) is 0. The molecule has 1 amide bonds. The first-order valence-corrected chi connectivity index (χ1v) is 6.46. The summed E-state index contributed by atoms with van der Waals surface area (Å²) in [4.78, 5) is 12.0. The lowest BCUT2D eigenvalue weighted by Gasteiger charge is -2.09. The highest BCUT2D eigenvalue weighted by atomic mass is 79.9. The van der Waals surface area contributed by atoms with Crippen LogP contribution in [0.1, 0.15) is 10.4 Å². The molecule has 0 radical (unpaired) electrons. The SMILES string of the molecule is Nc1ccc(Cl)cc1NC(=O)c1cc(F)ccc1Br. The maximum absolute atomic E-state index is 13.1. The summed E-state index contributed by atoms with van der Waals surface area (Å²) in [6, 6.07) is 8.59. The van der Waals surface area contributed by atoms with E-state index < -0.39 is 11.7 Å². The summed E-state index contributed by atoms with van der Waals surface area (Å²) in [5.41, 5.74) is 6.67. The molecule has 19 heavy (non-hydrogen) atoms. The average molecular weight is 344 g/mol. The molecule has 0 saturated carbocycles. The number of anilines is 2. The Morgan fingerprint density at radius 1 is 1.26 bits per heavy atom. The number of nitrogen functional groups attached to an aromatic ring is 1. The van der Waals surface area contributed by atoms with Crippen molar-refractivity contribution in [2.75, 3.05) is 11.1 Å². The van der Waals surface area contributed by atoms with Crippen molar-refractivity contribution in [3.05, 3.63) is 57.3 Å². The van der Waals surface area contributed by atoms with Crippen molar-refractivity contribution in [2.45, 2.75) is 0 Å². The number of benzene rings is 2. The van der Waals surface area contributed by atoms with Gasteiger partial charge in [0.2, 0.25) is 0 Å². The second-order valence-electron chi connectivity index (χ2n) is 3.81. The van der Waals surface area contributed by atoms with Gasteiger partial charge in [-0.15, -0.1) is 0 Å². The van der Waals surface area contributed by atoms with Crippen molar-refractivity contribution in [2.24, 2.45) is 0 Å². The number of hydrogen-bond donors (Lipinski definition) is 2. The van der Waals surface area contributed by atoms with E-state index in [0.717, 1.165) is 6.07 Å². The number of nitrogens with two attached hydrogens (primary N) is 1. The van der Waals surface area contributed by atoms with E-state index in [9.17, 15) is 9.18 Å². The van der Waals surface area contributed by atoms with Crippen LogP contribution in [0, 0.1) is 5.82 Å². The lowest BCUT2D eigenvalue weighted by Crippen LogP contribution is -2.14. The van der Waals surface area contributed by atoms with Crippen LogP contribution in [0.5, 0.6) is 0 Å². The number of nitrogens with one attached hydrogen (secondary N) is 1. The molecule has 0 heterocycles. The van der Waals surface area contributed by atoms with Gasteiger partial charge in [-0.05, 0) is 52.3 Å². The molecule has 0 aliphatic rings. The molecule has 0 saturated heterocycles. The van der Waals surface area contributed by atoms with Crippen molar-refractivity contribution in [3.8, 4) is 0 Å². The Morgan fingerprint density at radius 3 is 2.74 bits per heavy atom. The molecule has 0 bridgehead atoms. The maximum atomic E-state index is 13.1. The zero-order valence-corrected chi connectivity index (χ0v) is 11.9. The molecular weight excluding hydrogens is 335 g/mol. The average Bonchev–Trinajstić information content (AvgIpc) is 2.36. The highest BCUT2D eigenvalue weighted by molar-refractivity contribution is 9.10. The van der Waals surface area contributed by atoms with Gasteiger partial charge in [-0.1, -0.05) is 11.6 Å². The number of carbonyl (C=O) groups is 1. The van der Waals surface area contributed by atoms with Crippen molar-refractivity contribution in [3.63, 3.8) is 0 Å². The first-order valence-electron chi connectivity index (χ1n) is 5.29. The summed E-state index contributed by atoms with van der Waals surface area (Å²) < 4.78 is 13.6. The largest absolute Gasteiger partial charge is 0.397 e. The van der Waals surface area contributed by atoms with Gasteiger partial charge in [0.1, 0.15) is 5.82 Å². The topological polar surface area (TPSA) is 55.1 Å². The first kappa shape index (κ1) is 13.8. The van der Waals surface area contributed by atoms with Gasteiger partial charge in [-0.2, -0.15) is 0 Å². The minimum Gasteiger partial charge on any atom is -0.397 e. The van der Waals surface area contributed by atoms with Gasteiger partial charge in [-0.3, -0.25) is 4.79 Å². The third-order valence-corrected chi connectivity index (χ3v) is 3.36. The summed E-state index contributed by atoms with van der Waals surface area (Å²) in [6.45, 7) is 0. The summed E-state index contributed by atoms with van der Waals surface area (Å²) in [5, 5.41) is 3.04. The normalized spacial score (nSPS) is 10.3. The Morgan fingerprint density at radius 2 is 2.00 bits per heavy atom. The molecule has 6 heteroatoms. The molecule has 0 aliphatic carbocycles. The molecule has 0 fully saturated rings. The van der Waals surface area contributed by atoms with Crippen LogP contribution in [-0.4, -0.2) is 5.91 Å². The van der Waals surface area contributed by atoms with E-state index in [2.05, 4.69) is 21.2 Å². The van der Waals surface area contributed by atoms with Crippen LogP contribution in [0.4, 0.5) is 15.8 Å². The summed E-state index contributed by atoms with van der Waals surface area (Å²) in [5.74, 6) is -0.965. The van der Waals surface area contributed by atoms with E-state index in [0.29, 0.717) is 20.9 Å². The van der Waals surface area contributed by atoms with Crippen LogP contribution in [0.15, 0.2) is 40.9 Å².